The number of rotatable bonds is 7. The van der Waals surface area contributed by atoms with Crippen molar-refractivity contribution < 1.29 is 9.53 Å². The second-order valence-electron chi connectivity index (χ2n) is 6.06. The van der Waals surface area contributed by atoms with Crippen LogP contribution in [0.5, 0.6) is 5.75 Å². The van der Waals surface area contributed by atoms with Gasteiger partial charge in [-0.2, -0.15) is 0 Å². The van der Waals surface area contributed by atoms with Crippen LogP contribution in [0.4, 0.5) is 0 Å². The van der Waals surface area contributed by atoms with Gasteiger partial charge in [-0.1, -0.05) is 44.2 Å². The first-order valence-electron chi connectivity index (χ1n) is 8.20. The van der Waals surface area contributed by atoms with Crippen LogP contribution in [0.3, 0.4) is 0 Å². The Morgan fingerprint density at radius 3 is 2.86 bits per heavy atom. The van der Waals surface area contributed by atoms with Gasteiger partial charge >= 0.3 is 0 Å². The minimum Gasteiger partial charge on any atom is -0.492 e. The van der Waals surface area contributed by atoms with Crippen LogP contribution >= 0.6 is 0 Å². The van der Waals surface area contributed by atoms with Crippen molar-refractivity contribution in [2.45, 2.75) is 51.9 Å². The molecule has 0 aliphatic heterocycles. The van der Waals surface area contributed by atoms with Gasteiger partial charge in [0.2, 0.25) is 5.91 Å². The number of benzene rings is 1. The maximum Gasteiger partial charge on any atom is 0.220 e. The fourth-order valence-corrected chi connectivity index (χ4v) is 2.96. The van der Waals surface area contributed by atoms with E-state index in [9.17, 15) is 4.79 Å². The maximum atomic E-state index is 11.8. The fraction of sp³-hybridized carbons (Fsp3) is 0.611. The normalized spacial score (nSPS) is 15.7. The second kappa shape index (κ2) is 8.71. The number of amides is 1. The van der Waals surface area contributed by atoms with E-state index in [1.165, 1.54) is 37.7 Å². The van der Waals surface area contributed by atoms with Crippen molar-refractivity contribution in [1.82, 2.24) is 5.32 Å². The number of carbonyl (C=O) groups excluding carboxylic acids is 1. The van der Waals surface area contributed by atoms with Crippen LogP contribution in [0.15, 0.2) is 24.3 Å². The Balaban J connectivity index is 1.54. The lowest BCUT2D eigenvalue weighted by molar-refractivity contribution is -0.121. The molecule has 1 amide bonds. The summed E-state index contributed by atoms with van der Waals surface area (Å²) in [5.74, 6) is 1.80. The van der Waals surface area contributed by atoms with Gasteiger partial charge in [0.05, 0.1) is 6.54 Å². The van der Waals surface area contributed by atoms with Crippen LogP contribution < -0.4 is 10.1 Å². The molecule has 3 heteroatoms. The molecule has 1 saturated carbocycles. The van der Waals surface area contributed by atoms with Crippen molar-refractivity contribution in [3.05, 3.63) is 29.8 Å². The molecule has 0 atom stereocenters. The first kappa shape index (κ1) is 15.9. The molecule has 116 valence electrons. The Morgan fingerprint density at radius 1 is 1.29 bits per heavy atom. The molecule has 0 saturated heterocycles. The Kier molecular flexibility index (Phi) is 6.58. The molecule has 0 radical (unpaired) electrons. The maximum absolute atomic E-state index is 11.8. The molecule has 2 rings (SSSR count). The average molecular weight is 289 g/mol. The summed E-state index contributed by atoms with van der Waals surface area (Å²) in [7, 11) is 0. The zero-order valence-corrected chi connectivity index (χ0v) is 13.1. The number of ether oxygens (including phenoxy) is 1. The number of nitrogens with one attached hydrogen (secondary N) is 1. The third-order valence-electron chi connectivity index (χ3n) is 4.19. The summed E-state index contributed by atoms with van der Waals surface area (Å²) in [6, 6.07) is 7.97. The van der Waals surface area contributed by atoms with Crippen molar-refractivity contribution in [2.75, 3.05) is 13.2 Å². The minimum absolute atomic E-state index is 0.161. The average Bonchev–Trinajstić information content (AvgIpc) is 2.51. The Morgan fingerprint density at radius 2 is 2.10 bits per heavy atom. The van der Waals surface area contributed by atoms with Crippen molar-refractivity contribution >= 4 is 5.91 Å². The lowest BCUT2D eigenvalue weighted by Gasteiger charge is -2.20. The van der Waals surface area contributed by atoms with E-state index in [2.05, 4.69) is 5.32 Å². The molecule has 1 fully saturated rings. The van der Waals surface area contributed by atoms with Gasteiger partial charge in [-0.05, 0) is 37.0 Å². The van der Waals surface area contributed by atoms with Gasteiger partial charge < -0.3 is 10.1 Å². The Hall–Kier alpha value is -1.51. The number of hydrogen-bond acceptors (Lipinski definition) is 2. The van der Waals surface area contributed by atoms with Gasteiger partial charge in [-0.3, -0.25) is 4.79 Å². The number of aryl methyl sites for hydroxylation is 1. The van der Waals surface area contributed by atoms with Crippen LogP contribution in [-0.4, -0.2) is 19.1 Å². The van der Waals surface area contributed by atoms with Gasteiger partial charge in [0.15, 0.2) is 0 Å². The largest absolute Gasteiger partial charge is 0.492 e. The van der Waals surface area contributed by atoms with E-state index in [-0.39, 0.29) is 5.91 Å². The van der Waals surface area contributed by atoms with E-state index in [0.717, 1.165) is 18.1 Å². The highest BCUT2D eigenvalue weighted by Gasteiger charge is 2.14. The van der Waals surface area contributed by atoms with Crippen LogP contribution in [0.25, 0.3) is 0 Å². The van der Waals surface area contributed by atoms with Crippen LogP contribution in [0.2, 0.25) is 0 Å². The monoisotopic (exact) mass is 289 g/mol. The standard InChI is InChI=1S/C18H27NO2/c1-15-6-5-9-17(14-15)21-13-12-19-18(20)11-10-16-7-3-2-4-8-16/h5-6,9,14,16H,2-4,7-8,10-13H2,1H3,(H,19,20). The second-order valence-corrected chi connectivity index (χ2v) is 6.06. The van der Waals surface area contributed by atoms with E-state index in [4.69, 9.17) is 4.74 Å². The summed E-state index contributed by atoms with van der Waals surface area (Å²) in [6.45, 7) is 3.15. The lowest BCUT2D eigenvalue weighted by atomic mass is 9.86. The molecule has 0 bridgehead atoms. The van der Waals surface area contributed by atoms with E-state index in [0.29, 0.717) is 19.6 Å². The summed E-state index contributed by atoms with van der Waals surface area (Å²) in [4.78, 5) is 11.8. The Labute approximate surface area is 128 Å². The van der Waals surface area contributed by atoms with E-state index in [1.807, 2.05) is 31.2 Å². The highest BCUT2D eigenvalue weighted by molar-refractivity contribution is 5.75. The Bertz CT molecular complexity index is 439. The molecule has 3 nitrogen and oxygen atoms in total. The van der Waals surface area contributed by atoms with Gasteiger partial charge in [0.1, 0.15) is 12.4 Å². The van der Waals surface area contributed by atoms with E-state index < -0.39 is 0 Å². The van der Waals surface area contributed by atoms with Gasteiger partial charge in [-0.25, -0.2) is 0 Å². The third kappa shape index (κ3) is 6.19. The van der Waals surface area contributed by atoms with Gasteiger partial charge in [-0.15, -0.1) is 0 Å². The molecular formula is C18H27NO2. The molecule has 21 heavy (non-hydrogen) atoms. The minimum atomic E-state index is 0.161. The summed E-state index contributed by atoms with van der Waals surface area (Å²) in [5.41, 5.74) is 1.18. The molecule has 1 aliphatic rings. The molecule has 0 spiro atoms. The van der Waals surface area contributed by atoms with E-state index >= 15 is 0 Å². The van der Waals surface area contributed by atoms with Crippen molar-refractivity contribution in [3.63, 3.8) is 0 Å². The molecule has 0 heterocycles. The molecule has 1 aromatic rings. The molecule has 0 aromatic heterocycles. The molecule has 0 unspecified atom stereocenters. The van der Waals surface area contributed by atoms with Crippen molar-refractivity contribution in [2.24, 2.45) is 5.92 Å². The predicted molar refractivity (Wildman–Crippen MR) is 85.5 cm³/mol. The fourth-order valence-electron chi connectivity index (χ4n) is 2.96. The first-order chi connectivity index (χ1) is 10.2. The summed E-state index contributed by atoms with van der Waals surface area (Å²) in [6.07, 6.45) is 8.39. The SMILES string of the molecule is Cc1cccc(OCCNC(=O)CCC2CCCCC2)c1. The van der Waals surface area contributed by atoms with Gasteiger partial charge in [0, 0.05) is 6.42 Å². The lowest BCUT2D eigenvalue weighted by Crippen LogP contribution is -2.28. The van der Waals surface area contributed by atoms with E-state index in [1.54, 1.807) is 0 Å². The zero-order chi connectivity index (χ0) is 14.9. The van der Waals surface area contributed by atoms with Crippen LogP contribution in [0, 0.1) is 12.8 Å². The van der Waals surface area contributed by atoms with Crippen molar-refractivity contribution in [1.29, 1.82) is 0 Å². The predicted octanol–water partition coefficient (Wildman–Crippen LogP) is 3.85. The third-order valence-corrected chi connectivity index (χ3v) is 4.19. The number of carbonyl (C=O) groups is 1. The molecular weight excluding hydrogens is 262 g/mol. The van der Waals surface area contributed by atoms with Crippen molar-refractivity contribution in [3.8, 4) is 5.75 Å². The number of hydrogen-bond donors (Lipinski definition) is 1. The zero-order valence-electron chi connectivity index (χ0n) is 13.1. The first-order valence-corrected chi connectivity index (χ1v) is 8.20. The summed E-state index contributed by atoms with van der Waals surface area (Å²) >= 11 is 0. The van der Waals surface area contributed by atoms with Crippen LogP contribution in [-0.2, 0) is 4.79 Å². The highest BCUT2D eigenvalue weighted by atomic mass is 16.5. The summed E-state index contributed by atoms with van der Waals surface area (Å²) < 4.78 is 5.62. The summed E-state index contributed by atoms with van der Waals surface area (Å²) in [5, 5.41) is 2.94. The highest BCUT2D eigenvalue weighted by Crippen LogP contribution is 2.27. The van der Waals surface area contributed by atoms with Crippen LogP contribution in [0.1, 0.15) is 50.5 Å². The smallest absolute Gasteiger partial charge is 0.220 e. The topological polar surface area (TPSA) is 38.3 Å². The molecule has 1 aliphatic carbocycles. The molecule has 1 aromatic carbocycles. The quantitative estimate of drug-likeness (QED) is 0.774. The molecule has 1 N–H and O–H groups in total. The van der Waals surface area contributed by atoms with Gasteiger partial charge in [0.25, 0.3) is 0 Å².